The van der Waals surface area contributed by atoms with Crippen LogP contribution in [-0.2, 0) is 4.79 Å². The van der Waals surface area contributed by atoms with E-state index in [9.17, 15) is 4.79 Å². The maximum atomic E-state index is 11.4. The van der Waals surface area contributed by atoms with Crippen LogP contribution in [0.1, 0.15) is 19.8 Å². The Morgan fingerprint density at radius 1 is 1.53 bits per heavy atom. The maximum absolute atomic E-state index is 11.4. The fraction of sp³-hybridized carbons (Fsp3) is 0.909. The van der Waals surface area contributed by atoms with Gasteiger partial charge in [0.25, 0.3) is 0 Å². The molecule has 4 heteroatoms. The molecular weight excluding hydrogens is 190 g/mol. The third-order valence-corrected chi connectivity index (χ3v) is 3.24. The monoisotopic (exact) mass is 213 g/mol. The van der Waals surface area contributed by atoms with Gasteiger partial charge < -0.3 is 15.5 Å². The Balaban J connectivity index is 2.25. The van der Waals surface area contributed by atoms with Crippen molar-refractivity contribution >= 4 is 5.91 Å². The fourth-order valence-electron chi connectivity index (χ4n) is 1.85. The molecule has 1 heterocycles. The van der Waals surface area contributed by atoms with Crippen LogP contribution in [0.25, 0.3) is 0 Å². The van der Waals surface area contributed by atoms with Gasteiger partial charge in [0.2, 0.25) is 5.91 Å². The second-order valence-corrected chi connectivity index (χ2v) is 4.77. The van der Waals surface area contributed by atoms with Gasteiger partial charge in [0.1, 0.15) is 0 Å². The van der Waals surface area contributed by atoms with Crippen LogP contribution in [-0.4, -0.2) is 55.5 Å². The van der Waals surface area contributed by atoms with Crippen LogP contribution in [0.15, 0.2) is 0 Å². The van der Waals surface area contributed by atoms with E-state index < -0.39 is 0 Å². The largest absolute Gasteiger partial charge is 0.349 e. The summed E-state index contributed by atoms with van der Waals surface area (Å²) in [6.07, 6.45) is 1.76. The summed E-state index contributed by atoms with van der Waals surface area (Å²) in [7, 11) is 3.60. The standard InChI is InChI=1S/C11H23N3O/c1-9-4-6-14(8-10(9)12)7-5-11(15)13(2)3/h9-10H,4-8,12H2,1-3H3. The zero-order chi connectivity index (χ0) is 11.4. The second-order valence-electron chi connectivity index (χ2n) is 4.77. The molecule has 0 bridgehead atoms. The fourth-order valence-corrected chi connectivity index (χ4v) is 1.85. The highest BCUT2D eigenvalue weighted by atomic mass is 16.2. The van der Waals surface area contributed by atoms with Gasteiger partial charge in [0.15, 0.2) is 0 Å². The van der Waals surface area contributed by atoms with E-state index in [-0.39, 0.29) is 11.9 Å². The van der Waals surface area contributed by atoms with E-state index in [1.54, 1.807) is 19.0 Å². The molecule has 0 saturated carbocycles. The molecule has 0 spiro atoms. The zero-order valence-electron chi connectivity index (χ0n) is 10.1. The van der Waals surface area contributed by atoms with Gasteiger partial charge in [-0.05, 0) is 18.9 Å². The van der Waals surface area contributed by atoms with E-state index in [1.807, 2.05) is 0 Å². The van der Waals surface area contributed by atoms with Crippen molar-refractivity contribution in [1.29, 1.82) is 0 Å². The molecule has 0 aromatic heterocycles. The predicted octanol–water partition coefficient (Wildman–Crippen LogP) is 0.134. The van der Waals surface area contributed by atoms with Crippen molar-refractivity contribution in [2.75, 3.05) is 33.7 Å². The van der Waals surface area contributed by atoms with E-state index in [2.05, 4.69) is 11.8 Å². The minimum absolute atomic E-state index is 0.196. The van der Waals surface area contributed by atoms with Gasteiger partial charge in [-0.3, -0.25) is 4.79 Å². The summed E-state index contributed by atoms with van der Waals surface area (Å²) in [4.78, 5) is 15.3. The number of rotatable bonds is 3. The molecule has 1 fully saturated rings. The molecule has 1 amide bonds. The number of carbonyl (C=O) groups excluding carboxylic acids is 1. The molecule has 1 aliphatic heterocycles. The summed E-state index contributed by atoms with van der Waals surface area (Å²) in [5.41, 5.74) is 6.00. The van der Waals surface area contributed by atoms with Crippen LogP contribution in [0.3, 0.4) is 0 Å². The zero-order valence-corrected chi connectivity index (χ0v) is 10.1. The Morgan fingerprint density at radius 3 is 2.73 bits per heavy atom. The molecule has 0 aliphatic carbocycles. The third-order valence-electron chi connectivity index (χ3n) is 3.24. The lowest BCUT2D eigenvalue weighted by Crippen LogP contribution is -2.48. The number of nitrogens with zero attached hydrogens (tertiary/aromatic N) is 2. The van der Waals surface area contributed by atoms with Crippen LogP contribution in [0.4, 0.5) is 0 Å². The molecule has 1 aliphatic rings. The Kier molecular flexibility index (Phi) is 4.54. The number of hydrogen-bond donors (Lipinski definition) is 1. The predicted molar refractivity (Wildman–Crippen MR) is 61.5 cm³/mol. The Hall–Kier alpha value is -0.610. The topological polar surface area (TPSA) is 49.6 Å². The normalized spacial score (nSPS) is 27.7. The highest BCUT2D eigenvalue weighted by Gasteiger charge is 2.23. The lowest BCUT2D eigenvalue weighted by molar-refractivity contribution is -0.129. The molecule has 0 radical (unpaired) electrons. The van der Waals surface area contributed by atoms with Crippen molar-refractivity contribution in [3.05, 3.63) is 0 Å². The van der Waals surface area contributed by atoms with Crippen LogP contribution >= 0.6 is 0 Å². The Labute approximate surface area is 92.4 Å². The molecule has 15 heavy (non-hydrogen) atoms. The number of nitrogens with two attached hydrogens (primary N) is 1. The first-order valence-corrected chi connectivity index (χ1v) is 5.68. The molecule has 4 nitrogen and oxygen atoms in total. The number of carbonyl (C=O) groups is 1. The highest BCUT2D eigenvalue weighted by Crippen LogP contribution is 2.15. The van der Waals surface area contributed by atoms with Gasteiger partial charge in [-0.15, -0.1) is 0 Å². The van der Waals surface area contributed by atoms with Gasteiger partial charge in [0.05, 0.1) is 0 Å². The van der Waals surface area contributed by atoms with Gasteiger partial charge in [-0.25, -0.2) is 0 Å². The first-order chi connectivity index (χ1) is 7.00. The van der Waals surface area contributed by atoms with Gasteiger partial charge >= 0.3 is 0 Å². The van der Waals surface area contributed by atoms with E-state index in [1.165, 1.54) is 0 Å². The van der Waals surface area contributed by atoms with Crippen LogP contribution in [0.5, 0.6) is 0 Å². The van der Waals surface area contributed by atoms with Crippen molar-refractivity contribution in [1.82, 2.24) is 9.80 Å². The highest BCUT2D eigenvalue weighted by molar-refractivity contribution is 5.75. The van der Waals surface area contributed by atoms with Crippen molar-refractivity contribution in [3.8, 4) is 0 Å². The van der Waals surface area contributed by atoms with Crippen molar-refractivity contribution < 1.29 is 4.79 Å². The number of likely N-dealkylation sites (tertiary alicyclic amines) is 1. The molecule has 2 unspecified atom stereocenters. The first-order valence-electron chi connectivity index (χ1n) is 5.68. The maximum Gasteiger partial charge on any atom is 0.223 e. The van der Waals surface area contributed by atoms with Crippen LogP contribution in [0.2, 0.25) is 0 Å². The summed E-state index contributed by atoms with van der Waals surface area (Å²) in [6.45, 7) is 5.06. The Bertz CT molecular complexity index is 218. The third kappa shape index (κ3) is 3.80. The smallest absolute Gasteiger partial charge is 0.223 e. The first kappa shape index (κ1) is 12.5. The average molecular weight is 213 g/mol. The molecule has 2 atom stereocenters. The molecule has 2 N–H and O–H groups in total. The Morgan fingerprint density at radius 2 is 2.20 bits per heavy atom. The molecular formula is C11H23N3O. The summed E-state index contributed by atoms with van der Waals surface area (Å²) in [5.74, 6) is 0.813. The number of hydrogen-bond acceptors (Lipinski definition) is 3. The van der Waals surface area contributed by atoms with Crippen molar-refractivity contribution in [2.45, 2.75) is 25.8 Å². The second kappa shape index (κ2) is 5.47. The van der Waals surface area contributed by atoms with Gasteiger partial charge in [-0.1, -0.05) is 6.92 Å². The lowest BCUT2D eigenvalue weighted by atomic mass is 9.94. The minimum Gasteiger partial charge on any atom is -0.349 e. The SMILES string of the molecule is CC1CCN(CCC(=O)N(C)C)CC1N. The van der Waals surface area contributed by atoms with Gasteiger partial charge in [0, 0.05) is 39.6 Å². The molecule has 0 aromatic rings. The van der Waals surface area contributed by atoms with E-state index >= 15 is 0 Å². The average Bonchev–Trinajstić information content (AvgIpc) is 2.19. The van der Waals surface area contributed by atoms with Crippen molar-refractivity contribution in [3.63, 3.8) is 0 Å². The number of amides is 1. The molecule has 1 saturated heterocycles. The van der Waals surface area contributed by atoms with Gasteiger partial charge in [-0.2, -0.15) is 0 Å². The van der Waals surface area contributed by atoms with E-state index in [0.717, 1.165) is 26.1 Å². The van der Waals surface area contributed by atoms with E-state index in [4.69, 9.17) is 5.73 Å². The number of piperidine rings is 1. The summed E-state index contributed by atoms with van der Waals surface area (Å²) in [6, 6.07) is 0.271. The molecule has 0 aromatic carbocycles. The van der Waals surface area contributed by atoms with E-state index in [0.29, 0.717) is 12.3 Å². The summed E-state index contributed by atoms with van der Waals surface area (Å²) in [5, 5.41) is 0. The minimum atomic E-state index is 0.196. The summed E-state index contributed by atoms with van der Waals surface area (Å²) < 4.78 is 0. The molecule has 88 valence electrons. The molecule has 1 rings (SSSR count). The lowest BCUT2D eigenvalue weighted by Gasteiger charge is -2.35. The van der Waals surface area contributed by atoms with Crippen molar-refractivity contribution in [2.24, 2.45) is 11.7 Å². The summed E-state index contributed by atoms with van der Waals surface area (Å²) >= 11 is 0. The quantitative estimate of drug-likeness (QED) is 0.725. The van der Waals surface area contributed by atoms with Crippen LogP contribution in [0, 0.1) is 5.92 Å². The van der Waals surface area contributed by atoms with Crippen LogP contribution < -0.4 is 5.73 Å².